The lowest BCUT2D eigenvalue weighted by molar-refractivity contribution is 0.0981. The molecule has 0 spiro atoms. The Hall–Kier alpha value is -2.56. The summed E-state index contributed by atoms with van der Waals surface area (Å²) in [7, 11) is 0. The number of fused-ring (bicyclic) bond motifs is 1. The number of hydrogen-bond donors (Lipinski definition) is 1. The zero-order valence-corrected chi connectivity index (χ0v) is 23.0. The third kappa shape index (κ3) is 6.48. The number of ketones is 1. The Morgan fingerprint density at radius 3 is 2.70 bits per heavy atom. The van der Waals surface area contributed by atoms with Crippen molar-refractivity contribution in [3.8, 4) is 11.1 Å². The third-order valence-electron chi connectivity index (χ3n) is 8.11. The van der Waals surface area contributed by atoms with Gasteiger partial charge in [-0.15, -0.1) is 0 Å². The van der Waals surface area contributed by atoms with E-state index in [1.165, 1.54) is 16.5 Å². The Balaban J connectivity index is 1.84. The normalized spacial score (nSPS) is 19.9. The van der Waals surface area contributed by atoms with Crippen LogP contribution in [0.2, 0.25) is 0 Å². The molecule has 1 aliphatic rings. The summed E-state index contributed by atoms with van der Waals surface area (Å²) in [6.07, 6.45) is 5.25. The summed E-state index contributed by atoms with van der Waals surface area (Å²) in [4.78, 5) is 17.9. The van der Waals surface area contributed by atoms with Gasteiger partial charge >= 0.3 is 0 Å². The SMILES string of the molecule is CCCC(=O)c1cccc(-c2ccc3c(C4CCOC[C@H](C)C4)nc(C(CCO)[C@@H](C)CC)cc3c2)c1. The van der Waals surface area contributed by atoms with E-state index in [1.807, 2.05) is 25.1 Å². The van der Waals surface area contributed by atoms with E-state index < -0.39 is 0 Å². The van der Waals surface area contributed by atoms with Crippen molar-refractivity contribution in [3.05, 3.63) is 65.5 Å². The smallest absolute Gasteiger partial charge is 0.162 e. The van der Waals surface area contributed by atoms with Gasteiger partial charge in [-0.05, 0) is 72.2 Å². The molecule has 1 N–H and O–H groups in total. The Kier molecular flexibility index (Phi) is 9.50. The fourth-order valence-corrected chi connectivity index (χ4v) is 5.81. The van der Waals surface area contributed by atoms with Crippen LogP contribution in [-0.4, -0.2) is 35.7 Å². The summed E-state index contributed by atoms with van der Waals surface area (Å²) in [5.41, 5.74) is 5.22. The molecule has 198 valence electrons. The number of benzene rings is 2. The van der Waals surface area contributed by atoms with Gasteiger partial charge in [0.25, 0.3) is 0 Å². The van der Waals surface area contributed by atoms with E-state index >= 15 is 0 Å². The molecular formula is C33H43NO3. The molecule has 37 heavy (non-hydrogen) atoms. The van der Waals surface area contributed by atoms with Crippen molar-refractivity contribution in [1.82, 2.24) is 4.98 Å². The molecule has 0 amide bonds. The van der Waals surface area contributed by atoms with Crippen molar-refractivity contribution in [2.24, 2.45) is 11.8 Å². The molecule has 2 heterocycles. The third-order valence-corrected chi connectivity index (χ3v) is 8.11. The van der Waals surface area contributed by atoms with Crippen LogP contribution < -0.4 is 0 Å². The van der Waals surface area contributed by atoms with Crippen LogP contribution in [0.15, 0.2) is 48.5 Å². The summed E-state index contributed by atoms with van der Waals surface area (Å²) < 4.78 is 5.88. The number of carbonyl (C=O) groups is 1. The molecular weight excluding hydrogens is 458 g/mol. The summed E-state index contributed by atoms with van der Waals surface area (Å²) in [6.45, 7) is 10.5. The molecule has 3 aromatic rings. The van der Waals surface area contributed by atoms with E-state index in [0.29, 0.717) is 24.2 Å². The van der Waals surface area contributed by atoms with Crippen LogP contribution >= 0.6 is 0 Å². The molecule has 4 heteroatoms. The van der Waals surface area contributed by atoms with Gasteiger partial charge in [-0.3, -0.25) is 9.78 Å². The number of pyridine rings is 1. The van der Waals surface area contributed by atoms with Crippen LogP contribution in [-0.2, 0) is 4.74 Å². The molecule has 0 bridgehead atoms. The first-order valence-electron chi connectivity index (χ1n) is 14.2. The molecule has 4 nitrogen and oxygen atoms in total. The highest BCUT2D eigenvalue weighted by molar-refractivity contribution is 5.97. The zero-order chi connectivity index (χ0) is 26.4. The topological polar surface area (TPSA) is 59.4 Å². The average molecular weight is 502 g/mol. The lowest BCUT2D eigenvalue weighted by Crippen LogP contribution is -2.15. The van der Waals surface area contributed by atoms with Gasteiger partial charge < -0.3 is 9.84 Å². The first-order valence-corrected chi connectivity index (χ1v) is 14.2. The van der Waals surface area contributed by atoms with E-state index in [0.717, 1.165) is 67.7 Å². The van der Waals surface area contributed by atoms with Crippen molar-refractivity contribution in [2.45, 2.75) is 78.1 Å². The molecule has 1 saturated heterocycles. The number of aliphatic hydroxyl groups excluding tert-OH is 1. The van der Waals surface area contributed by atoms with E-state index in [4.69, 9.17) is 9.72 Å². The average Bonchev–Trinajstić information content (AvgIpc) is 3.14. The number of hydrogen-bond acceptors (Lipinski definition) is 4. The van der Waals surface area contributed by atoms with Gasteiger partial charge in [0.05, 0.1) is 5.69 Å². The predicted octanol–water partition coefficient (Wildman–Crippen LogP) is 7.93. The lowest BCUT2D eigenvalue weighted by Gasteiger charge is -2.25. The Labute approximate surface area is 222 Å². The van der Waals surface area contributed by atoms with Gasteiger partial charge in [0.1, 0.15) is 0 Å². The Bertz CT molecular complexity index is 1200. The number of nitrogens with zero attached hydrogens (tertiary/aromatic N) is 1. The Morgan fingerprint density at radius 2 is 1.95 bits per heavy atom. The standard InChI is InChI=1S/C33H43NO3/c1-5-8-32(36)26-10-7-9-24(18-26)25-11-12-30-28(19-25)20-31(29(13-15-35)23(4)6-2)34-33(30)27-14-16-37-21-22(3)17-27/h7,9-12,18-20,22-23,27,29,35H,5-6,8,13-17,21H2,1-4H3/t22-,23+,27?,29?/m1/s1. The van der Waals surface area contributed by atoms with Crippen molar-refractivity contribution >= 4 is 16.6 Å². The lowest BCUT2D eigenvalue weighted by atomic mass is 9.83. The highest BCUT2D eigenvalue weighted by Crippen LogP contribution is 2.38. The highest BCUT2D eigenvalue weighted by Gasteiger charge is 2.26. The maximum absolute atomic E-state index is 12.5. The minimum absolute atomic E-state index is 0.164. The van der Waals surface area contributed by atoms with Gasteiger partial charge in [-0.2, -0.15) is 0 Å². The van der Waals surface area contributed by atoms with Crippen LogP contribution in [0.1, 0.15) is 99.8 Å². The molecule has 0 saturated carbocycles. The Morgan fingerprint density at radius 1 is 1.14 bits per heavy atom. The molecule has 1 aromatic heterocycles. The fraction of sp³-hybridized carbons (Fsp3) is 0.515. The highest BCUT2D eigenvalue weighted by atomic mass is 16.5. The van der Waals surface area contributed by atoms with Crippen LogP contribution in [0, 0.1) is 11.8 Å². The maximum Gasteiger partial charge on any atom is 0.162 e. The number of aromatic nitrogens is 1. The number of rotatable bonds is 10. The van der Waals surface area contributed by atoms with Crippen LogP contribution in [0.5, 0.6) is 0 Å². The summed E-state index contributed by atoms with van der Waals surface area (Å²) in [5, 5.41) is 12.3. The molecule has 0 radical (unpaired) electrons. The molecule has 1 aliphatic heterocycles. The number of ether oxygens (including phenoxy) is 1. The van der Waals surface area contributed by atoms with Crippen LogP contribution in [0.4, 0.5) is 0 Å². The number of Topliss-reactive ketones (excluding diaryl/α,β-unsaturated/α-hetero) is 1. The number of carbonyl (C=O) groups excluding carboxylic acids is 1. The zero-order valence-electron chi connectivity index (χ0n) is 23.0. The van der Waals surface area contributed by atoms with Crippen molar-refractivity contribution in [1.29, 1.82) is 0 Å². The van der Waals surface area contributed by atoms with Gasteiger partial charge in [-0.25, -0.2) is 0 Å². The van der Waals surface area contributed by atoms with Crippen LogP contribution in [0.3, 0.4) is 0 Å². The van der Waals surface area contributed by atoms with E-state index in [2.05, 4.69) is 51.1 Å². The predicted molar refractivity (Wildman–Crippen MR) is 152 cm³/mol. The molecule has 4 atom stereocenters. The first kappa shape index (κ1) is 27.5. The van der Waals surface area contributed by atoms with Gasteiger partial charge in [0.2, 0.25) is 0 Å². The quantitative estimate of drug-likeness (QED) is 0.287. The monoisotopic (exact) mass is 501 g/mol. The second-order valence-corrected chi connectivity index (χ2v) is 11.0. The molecule has 0 aliphatic carbocycles. The van der Waals surface area contributed by atoms with Gasteiger partial charge in [0.15, 0.2) is 5.78 Å². The van der Waals surface area contributed by atoms with Crippen molar-refractivity contribution < 1.29 is 14.6 Å². The molecule has 4 rings (SSSR count). The van der Waals surface area contributed by atoms with Crippen molar-refractivity contribution in [2.75, 3.05) is 19.8 Å². The molecule has 2 aromatic carbocycles. The number of aliphatic hydroxyl groups is 1. The summed E-state index contributed by atoms with van der Waals surface area (Å²) in [6, 6.07) is 16.9. The molecule has 2 unspecified atom stereocenters. The van der Waals surface area contributed by atoms with Gasteiger partial charge in [-0.1, -0.05) is 64.4 Å². The maximum atomic E-state index is 12.5. The van der Waals surface area contributed by atoms with Gasteiger partial charge in [0, 0.05) is 54.7 Å². The summed E-state index contributed by atoms with van der Waals surface area (Å²) >= 11 is 0. The minimum atomic E-state index is 0.164. The van der Waals surface area contributed by atoms with E-state index in [9.17, 15) is 9.90 Å². The van der Waals surface area contributed by atoms with Crippen LogP contribution in [0.25, 0.3) is 21.9 Å². The largest absolute Gasteiger partial charge is 0.396 e. The summed E-state index contributed by atoms with van der Waals surface area (Å²) in [5.74, 6) is 1.71. The second-order valence-electron chi connectivity index (χ2n) is 11.0. The first-order chi connectivity index (χ1) is 17.9. The van der Waals surface area contributed by atoms with E-state index in [1.54, 1.807) is 0 Å². The second kappa shape index (κ2) is 12.8. The fourth-order valence-electron chi connectivity index (χ4n) is 5.81. The van der Waals surface area contributed by atoms with E-state index in [-0.39, 0.29) is 18.3 Å². The van der Waals surface area contributed by atoms with Crippen molar-refractivity contribution in [3.63, 3.8) is 0 Å². The minimum Gasteiger partial charge on any atom is -0.396 e. The molecule has 1 fully saturated rings.